The maximum absolute atomic E-state index is 12.4. The van der Waals surface area contributed by atoms with E-state index in [1.807, 2.05) is 18.2 Å². The van der Waals surface area contributed by atoms with Crippen LogP contribution >= 0.6 is 22.9 Å². The minimum Gasteiger partial charge on any atom is -0.497 e. The van der Waals surface area contributed by atoms with Crippen molar-refractivity contribution >= 4 is 44.9 Å². The van der Waals surface area contributed by atoms with Gasteiger partial charge in [-0.2, -0.15) is 0 Å². The molecule has 0 atom stereocenters. The highest BCUT2D eigenvalue weighted by molar-refractivity contribution is 7.20. The molecular weight excluding hydrogens is 398 g/mol. The van der Waals surface area contributed by atoms with E-state index in [1.165, 1.54) is 11.3 Å². The molecule has 0 aliphatic carbocycles. The second-order valence-corrected chi connectivity index (χ2v) is 7.98. The van der Waals surface area contributed by atoms with Crippen LogP contribution in [0.3, 0.4) is 0 Å². The summed E-state index contributed by atoms with van der Waals surface area (Å²) in [5.41, 5.74) is 1.64. The second kappa shape index (κ2) is 8.24. The fraction of sp³-hybridized carbons (Fsp3) is 0.300. The molecule has 2 heterocycles. The van der Waals surface area contributed by atoms with Crippen LogP contribution in [0, 0.1) is 0 Å². The molecule has 8 heteroatoms. The summed E-state index contributed by atoms with van der Waals surface area (Å²) in [4.78, 5) is 18.8. The number of hydrogen-bond acceptors (Lipinski definition) is 5. The third-order valence-corrected chi connectivity index (χ3v) is 5.83. The lowest BCUT2D eigenvalue weighted by Gasteiger charge is -2.31. The number of likely N-dealkylation sites (tertiary alicyclic amines) is 1. The Morgan fingerprint density at radius 3 is 2.68 bits per heavy atom. The number of carbonyl (C=O) groups is 1. The number of carbonyl (C=O) groups excluding carboxylic acids is 1. The van der Waals surface area contributed by atoms with Crippen LogP contribution < -0.4 is 14.8 Å². The third-order valence-electron chi connectivity index (χ3n) is 4.67. The highest BCUT2D eigenvalue weighted by Gasteiger charge is 2.25. The molecule has 0 radical (unpaired) electrons. The van der Waals surface area contributed by atoms with E-state index in [1.54, 1.807) is 36.3 Å². The summed E-state index contributed by atoms with van der Waals surface area (Å²) in [6.07, 6.45) is 1.60. The summed E-state index contributed by atoms with van der Waals surface area (Å²) >= 11 is 7.39. The lowest BCUT2D eigenvalue weighted by molar-refractivity contribution is 0.115. The Labute approximate surface area is 172 Å². The lowest BCUT2D eigenvalue weighted by Crippen LogP contribution is -2.43. The average molecular weight is 418 g/mol. The van der Waals surface area contributed by atoms with E-state index in [2.05, 4.69) is 10.3 Å². The molecule has 6 nitrogen and oxygen atoms in total. The van der Waals surface area contributed by atoms with E-state index in [9.17, 15) is 4.79 Å². The molecule has 28 heavy (non-hydrogen) atoms. The second-order valence-electron chi connectivity index (χ2n) is 6.55. The van der Waals surface area contributed by atoms with E-state index in [4.69, 9.17) is 21.1 Å². The Balaban J connectivity index is 1.31. The van der Waals surface area contributed by atoms with Crippen LogP contribution in [0.15, 0.2) is 42.5 Å². The van der Waals surface area contributed by atoms with Crippen LogP contribution in [0.1, 0.15) is 12.8 Å². The Hall–Kier alpha value is -2.51. The Morgan fingerprint density at radius 1 is 1.21 bits per heavy atom. The summed E-state index contributed by atoms with van der Waals surface area (Å²) < 4.78 is 12.4. The first-order valence-corrected chi connectivity index (χ1v) is 10.2. The fourth-order valence-electron chi connectivity index (χ4n) is 3.12. The van der Waals surface area contributed by atoms with Crippen molar-refractivity contribution in [2.24, 2.45) is 0 Å². The van der Waals surface area contributed by atoms with Gasteiger partial charge in [0.25, 0.3) is 5.19 Å². The summed E-state index contributed by atoms with van der Waals surface area (Å²) in [5.74, 6) is 0.808. The van der Waals surface area contributed by atoms with Crippen LogP contribution in [0.5, 0.6) is 10.9 Å². The molecule has 1 aromatic heterocycles. The average Bonchev–Trinajstić information content (AvgIpc) is 3.11. The number of aromatic nitrogens is 1. The first kappa shape index (κ1) is 18.8. The number of nitrogens with zero attached hydrogens (tertiary/aromatic N) is 2. The molecule has 0 spiro atoms. The molecule has 2 amide bonds. The van der Waals surface area contributed by atoms with Gasteiger partial charge in [0.1, 0.15) is 11.9 Å². The van der Waals surface area contributed by atoms with Crippen molar-refractivity contribution in [3.8, 4) is 10.9 Å². The van der Waals surface area contributed by atoms with Crippen LogP contribution in [0.2, 0.25) is 5.02 Å². The van der Waals surface area contributed by atoms with Crippen LogP contribution in [-0.2, 0) is 0 Å². The standard InChI is InChI=1S/C20H20ClN3O3S/c1-26-16-6-7-17-18(12-16)28-20(23-17)27-15-8-10-24(11-9-15)19(25)22-14-4-2-13(21)3-5-14/h2-7,12,15H,8-11H2,1H3,(H,22,25). The van der Waals surface area contributed by atoms with Gasteiger partial charge in [0.05, 0.1) is 17.3 Å². The van der Waals surface area contributed by atoms with Crippen LogP contribution in [0.4, 0.5) is 10.5 Å². The van der Waals surface area contributed by atoms with Gasteiger partial charge in [-0.15, -0.1) is 0 Å². The molecule has 1 saturated heterocycles. The summed E-state index contributed by atoms with van der Waals surface area (Å²) in [7, 11) is 1.65. The number of amides is 2. The minimum atomic E-state index is -0.104. The van der Waals surface area contributed by atoms with Gasteiger partial charge in [-0.3, -0.25) is 0 Å². The number of hydrogen-bond donors (Lipinski definition) is 1. The smallest absolute Gasteiger partial charge is 0.321 e. The maximum Gasteiger partial charge on any atom is 0.321 e. The van der Waals surface area contributed by atoms with Gasteiger partial charge in [0, 0.05) is 36.6 Å². The number of halogens is 1. The molecule has 0 unspecified atom stereocenters. The predicted octanol–water partition coefficient (Wildman–Crippen LogP) is 5.03. The number of piperidine rings is 1. The lowest BCUT2D eigenvalue weighted by atomic mass is 10.1. The van der Waals surface area contributed by atoms with E-state index in [-0.39, 0.29) is 12.1 Å². The van der Waals surface area contributed by atoms with Gasteiger partial charge < -0.3 is 19.7 Å². The van der Waals surface area contributed by atoms with Crippen LogP contribution in [0.25, 0.3) is 10.2 Å². The zero-order valence-corrected chi connectivity index (χ0v) is 16.9. The third kappa shape index (κ3) is 4.31. The Kier molecular flexibility index (Phi) is 5.54. The number of thiazole rings is 1. The minimum absolute atomic E-state index is 0.0574. The molecule has 4 rings (SSSR count). The van der Waals surface area contributed by atoms with Crippen molar-refractivity contribution in [2.45, 2.75) is 18.9 Å². The van der Waals surface area contributed by atoms with Gasteiger partial charge in [0.15, 0.2) is 0 Å². The van der Waals surface area contributed by atoms with Gasteiger partial charge in [-0.1, -0.05) is 22.9 Å². The quantitative estimate of drug-likeness (QED) is 0.646. The summed E-state index contributed by atoms with van der Waals surface area (Å²) in [6.45, 7) is 1.28. The zero-order valence-electron chi connectivity index (χ0n) is 15.4. The number of fused-ring (bicyclic) bond motifs is 1. The summed E-state index contributed by atoms with van der Waals surface area (Å²) in [6, 6.07) is 12.8. The van der Waals surface area contributed by atoms with Gasteiger partial charge >= 0.3 is 6.03 Å². The van der Waals surface area contributed by atoms with Gasteiger partial charge in [-0.25, -0.2) is 9.78 Å². The number of methoxy groups -OCH3 is 1. The highest BCUT2D eigenvalue weighted by atomic mass is 35.5. The van der Waals surface area contributed by atoms with Crippen molar-refractivity contribution in [3.05, 3.63) is 47.5 Å². The van der Waals surface area contributed by atoms with Crippen molar-refractivity contribution in [2.75, 3.05) is 25.5 Å². The maximum atomic E-state index is 12.4. The number of anilines is 1. The van der Waals surface area contributed by atoms with Gasteiger partial charge in [-0.05, 0) is 42.5 Å². The number of urea groups is 1. The Bertz CT molecular complexity index is 968. The molecule has 1 N–H and O–H groups in total. The first-order valence-electron chi connectivity index (χ1n) is 9.03. The predicted molar refractivity (Wildman–Crippen MR) is 112 cm³/mol. The first-order chi connectivity index (χ1) is 13.6. The zero-order chi connectivity index (χ0) is 19.5. The summed E-state index contributed by atoms with van der Waals surface area (Å²) in [5, 5.41) is 4.20. The van der Waals surface area contributed by atoms with E-state index < -0.39 is 0 Å². The van der Waals surface area contributed by atoms with Crippen molar-refractivity contribution < 1.29 is 14.3 Å². The SMILES string of the molecule is COc1ccc2nc(OC3CCN(C(=O)Nc4ccc(Cl)cc4)CC3)sc2c1. The normalized spacial score (nSPS) is 14.9. The topological polar surface area (TPSA) is 63.7 Å². The number of benzene rings is 2. The van der Waals surface area contributed by atoms with E-state index in [0.717, 1.165) is 34.5 Å². The Morgan fingerprint density at radius 2 is 1.96 bits per heavy atom. The molecule has 1 aliphatic rings. The van der Waals surface area contributed by atoms with Gasteiger partial charge in [0.2, 0.25) is 0 Å². The number of ether oxygens (including phenoxy) is 2. The number of nitrogens with one attached hydrogen (secondary N) is 1. The van der Waals surface area contributed by atoms with Crippen molar-refractivity contribution in [1.29, 1.82) is 0 Å². The molecule has 1 aliphatic heterocycles. The van der Waals surface area contributed by atoms with Crippen molar-refractivity contribution in [1.82, 2.24) is 9.88 Å². The molecule has 0 bridgehead atoms. The molecular formula is C20H20ClN3O3S. The number of rotatable bonds is 4. The van der Waals surface area contributed by atoms with Crippen LogP contribution in [-0.4, -0.2) is 42.2 Å². The molecule has 146 valence electrons. The highest BCUT2D eigenvalue weighted by Crippen LogP contribution is 2.32. The molecule has 1 fully saturated rings. The molecule has 3 aromatic rings. The van der Waals surface area contributed by atoms with E-state index >= 15 is 0 Å². The monoisotopic (exact) mass is 417 g/mol. The fourth-order valence-corrected chi connectivity index (χ4v) is 4.15. The molecule has 2 aromatic carbocycles. The van der Waals surface area contributed by atoms with E-state index in [0.29, 0.717) is 23.3 Å². The van der Waals surface area contributed by atoms with Crippen molar-refractivity contribution in [3.63, 3.8) is 0 Å². The largest absolute Gasteiger partial charge is 0.497 e. The molecule has 0 saturated carbocycles.